The lowest BCUT2D eigenvalue weighted by Gasteiger charge is -2.11. The van der Waals surface area contributed by atoms with Gasteiger partial charge in [0.25, 0.3) is 0 Å². The molecule has 1 amide bonds. The molecule has 0 spiro atoms. The number of carbonyl (C=O) groups is 1. The fourth-order valence-corrected chi connectivity index (χ4v) is 1.25. The van der Waals surface area contributed by atoms with Crippen molar-refractivity contribution >= 4 is 5.91 Å². The molecular formula is C7H14N2O. The Labute approximate surface area is 61.2 Å². The Bertz CT molecular complexity index is 137. The Hall–Kier alpha value is -0.570. The van der Waals surface area contributed by atoms with Crippen LogP contribution in [0.4, 0.5) is 0 Å². The van der Waals surface area contributed by atoms with Gasteiger partial charge in [-0.3, -0.25) is 4.79 Å². The minimum atomic E-state index is 0.139. The van der Waals surface area contributed by atoms with E-state index in [1.54, 1.807) is 11.8 Å². The molecule has 58 valence electrons. The van der Waals surface area contributed by atoms with Gasteiger partial charge in [-0.25, -0.2) is 0 Å². The van der Waals surface area contributed by atoms with E-state index in [4.69, 9.17) is 5.73 Å². The lowest BCUT2D eigenvalue weighted by Crippen LogP contribution is -2.30. The van der Waals surface area contributed by atoms with E-state index >= 15 is 0 Å². The Morgan fingerprint density at radius 2 is 2.20 bits per heavy atom. The fourth-order valence-electron chi connectivity index (χ4n) is 1.25. The van der Waals surface area contributed by atoms with Crippen molar-refractivity contribution < 1.29 is 4.79 Å². The monoisotopic (exact) mass is 142 g/mol. The van der Waals surface area contributed by atoms with Crippen molar-refractivity contribution in [2.45, 2.75) is 19.9 Å². The zero-order valence-electron chi connectivity index (χ0n) is 6.50. The summed E-state index contributed by atoms with van der Waals surface area (Å²) in [5.74, 6) is 0.601. The van der Waals surface area contributed by atoms with Gasteiger partial charge >= 0.3 is 0 Å². The largest absolute Gasteiger partial charge is 0.341 e. The highest BCUT2D eigenvalue weighted by Crippen LogP contribution is 2.13. The van der Waals surface area contributed by atoms with Crippen molar-refractivity contribution in [2.75, 3.05) is 13.1 Å². The molecular weight excluding hydrogens is 128 g/mol. The third-order valence-corrected chi connectivity index (χ3v) is 2.12. The highest BCUT2D eigenvalue weighted by Gasteiger charge is 2.27. The lowest BCUT2D eigenvalue weighted by molar-refractivity contribution is -0.127. The number of likely N-dealkylation sites (tertiary alicyclic amines) is 1. The average molecular weight is 142 g/mol. The molecule has 0 aromatic heterocycles. The van der Waals surface area contributed by atoms with Crippen LogP contribution in [0, 0.1) is 5.92 Å². The van der Waals surface area contributed by atoms with Crippen LogP contribution in [0.3, 0.4) is 0 Å². The number of amides is 1. The molecule has 1 aliphatic rings. The van der Waals surface area contributed by atoms with Crippen LogP contribution in [0.2, 0.25) is 0 Å². The van der Waals surface area contributed by atoms with Crippen LogP contribution < -0.4 is 5.73 Å². The summed E-state index contributed by atoms with van der Waals surface area (Å²) < 4.78 is 0. The van der Waals surface area contributed by atoms with Gasteiger partial charge < -0.3 is 10.6 Å². The second-order valence-electron chi connectivity index (χ2n) is 3.07. The van der Waals surface area contributed by atoms with E-state index < -0.39 is 0 Å². The SMILES string of the molecule is CC(=O)N1CC(C)C(N)C1. The standard InChI is InChI=1S/C7H14N2O/c1-5-3-9(6(2)10)4-7(5)8/h5,7H,3-4,8H2,1-2H3. The van der Waals surface area contributed by atoms with Gasteiger partial charge in [0.2, 0.25) is 5.91 Å². The molecule has 0 aromatic carbocycles. The van der Waals surface area contributed by atoms with E-state index in [1.807, 2.05) is 0 Å². The van der Waals surface area contributed by atoms with Crippen LogP contribution in [0.15, 0.2) is 0 Å². The molecule has 3 heteroatoms. The number of nitrogens with two attached hydrogens (primary N) is 1. The zero-order chi connectivity index (χ0) is 7.72. The first-order valence-electron chi connectivity index (χ1n) is 3.62. The molecule has 3 nitrogen and oxygen atoms in total. The molecule has 0 aliphatic carbocycles. The predicted molar refractivity (Wildman–Crippen MR) is 39.4 cm³/mol. The molecule has 0 saturated carbocycles. The maximum Gasteiger partial charge on any atom is 0.219 e. The number of carbonyl (C=O) groups excluding carboxylic acids is 1. The summed E-state index contributed by atoms with van der Waals surface area (Å²) in [6.07, 6.45) is 0. The predicted octanol–water partition coefficient (Wildman–Crippen LogP) is -0.188. The molecule has 0 bridgehead atoms. The molecule has 1 heterocycles. The number of hydrogen-bond donors (Lipinski definition) is 1. The van der Waals surface area contributed by atoms with Crippen LogP contribution >= 0.6 is 0 Å². The smallest absolute Gasteiger partial charge is 0.219 e. The summed E-state index contributed by atoms with van der Waals surface area (Å²) in [5.41, 5.74) is 5.71. The summed E-state index contributed by atoms with van der Waals surface area (Å²) in [6.45, 7) is 5.23. The van der Waals surface area contributed by atoms with Crippen molar-refractivity contribution in [2.24, 2.45) is 11.7 Å². The van der Waals surface area contributed by atoms with E-state index in [0.717, 1.165) is 13.1 Å². The molecule has 0 aromatic rings. The normalized spacial score (nSPS) is 32.9. The summed E-state index contributed by atoms with van der Waals surface area (Å²) in [5, 5.41) is 0. The van der Waals surface area contributed by atoms with Crippen molar-refractivity contribution in [3.63, 3.8) is 0 Å². The Morgan fingerprint density at radius 3 is 2.40 bits per heavy atom. The van der Waals surface area contributed by atoms with Gasteiger partial charge in [-0.05, 0) is 5.92 Å². The number of nitrogens with zero attached hydrogens (tertiary/aromatic N) is 1. The van der Waals surface area contributed by atoms with Crippen molar-refractivity contribution in [1.29, 1.82) is 0 Å². The summed E-state index contributed by atoms with van der Waals surface area (Å²) >= 11 is 0. The quantitative estimate of drug-likeness (QED) is 0.509. The topological polar surface area (TPSA) is 46.3 Å². The first kappa shape index (κ1) is 7.54. The second-order valence-corrected chi connectivity index (χ2v) is 3.07. The molecule has 1 fully saturated rings. The van der Waals surface area contributed by atoms with Crippen LogP contribution in [0.25, 0.3) is 0 Å². The average Bonchev–Trinajstić information content (AvgIpc) is 2.13. The second kappa shape index (κ2) is 2.58. The molecule has 1 rings (SSSR count). The Kier molecular flexibility index (Phi) is 1.94. The maximum absolute atomic E-state index is 10.8. The molecule has 1 aliphatic heterocycles. The van der Waals surface area contributed by atoms with Gasteiger partial charge in [0.1, 0.15) is 0 Å². The summed E-state index contributed by atoms with van der Waals surface area (Å²) in [4.78, 5) is 12.6. The highest BCUT2D eigenvalue weighted by atomic mass is 16.2. The van der Waals surface area contributed by atoms with Gasteiger partial charge in [-0.2, -0.15) is 0 Å². The molecule has 0 radical (unpaired) electrons. The van der Waals surface area contributed by atoms with Crippen LogP contribution in [-0.4, -0.2) is 29.9 Å². The van der Waals surface area contributed by atoms with Crippen molar-refractivity contribution in [3.05, 3.63) is 0 Å². The fraction of sp³-hybridized carbons (Fsp3) is 0.857. The van der Waals surface area contributed by atoms with Gasteiger partial charge in [0.15, 0.2) is 0 Å². The van der Waals surface area contributed by atoms with E-state index in [0.29, 0.717) is 5.92 Å². The van der Waals surface area contributed by atoms with Gasteiger partial charge in [-0.15, -0.1) is 0 Å². The Balaban J connectivity index is 2.49. The lowest BCUT2D eigenvalue weighted by atomic mass is 10.1. The highest BCUT2D eigenvalue weighted by molar-refractivity contribution is 5.73. The molecule has 2 atom stereocenters. The van der Waals surface area contributed by atoms with Crippen LogP contribution in [0.1, 0.15) is 13.8 Å². The first-order valence-corrected chi connectivity index (χ1v) is 3.62. The zero-order valence-corrected chi connectivity index (χ0v) is 6.50. The molecule has 10 heavy (non-hydrogen) atoms. The number of rotatable bonds is 0. The third-order valence-electron chi connectivity index (χ3n) is 2.12. The van der Waals surface area contributed by atoms with Crippen molar-refractivity contribution in [3.8, 4) is 0 Å². The third kappa shape index (κ3) is 1.29. The maximum atomic E-state index is 10.8. The first-order chi connectivity index (χ1) is 4.61. The van der Waals surface area contributed by atoms with E-state index in [-0.39, 0.29) is 11.9 Å². The number of hydrogen-bond acceptors (Lipinski definition) is 2. The van der Waals surface area contributed by atoms with Crippen LogP contribution in [-0.2, 0) is 4.79 Å². The van der Waals surface area contributed by atoms with E-state index in [9.17, 15) is 4.79 Å². The van der Waals surface area contributed by atoms with Gasteiger partial charge in [0.05, 0.1) is 0 Å². The van der Waals surface area contributed by atoms with Gasteiger partial charge in [-0.1, -0.05) is 6.92 Å². The molecule has 1 saturated heterocycles. The minimum Gasteiger partial charge on any atom is -0.341 e. The summed E-state index contributed by atoms with van der Waals surface area (Å²) in [7, 11) is 0. The minimum absolute atomic E-state index is 0.139. The van der Waals surface area contributed by atoms with Gasteiger partial charge in [0, 0.05) is 26.1 Å². The Morgan fingerprint density at radius 1 is 1.60 bits per heavy atom. The molecule has 2 unspecified atom stereocenters. The van der Waals surface area contributed by atoms with E-state index in [1.165, 1.54) is 0 Å². The summed E-state index contributed by atoms with van der Waals surface area (Å²) in [6, 6.07) is 0.184. The van der Waals surface area contributed by atoms with E-state index in [2.05, 4.69) is 6.92 Å². The van der Waals surface area contributed by atoms with Crippen LogP contribution in [0.5, 0.6) is 0 Å². The molecule has 2 N–H and O–H groups in total. The van der Waals surface area contributed by atoms with Crippen molar-refractivity contribution in [1.82, 2.24) is 4.90 Å².